The number of fused-ring (bicyclic) bond motifs is 1. The first kappa shape index (κ1) is 15.3. The Morgan fingerprint density at radius 1 is 1.45 bits per heavy atom. The summed E-state index contributed by atoms with van der Waals surface area (Å²) in [6.07, 6.45) is 3.97. The molecule has 2 rings (SSSR count). The minimum Gasteiger partial charge on any atom is -0.383 e. The number of ether oxygens (including phenoxy) is 1. The van der Waals surface area contributed by atoms with Crippen molar-refractivity contribution in [2.24, 2.45) is 0 Å². The first-order valence-corrected chi connectivity index (χ1v) is 7.49. The molecule has 20 heavy (non-hydrogen) atoms. The first-order chi connectivity index (χ1) is 9.58. The van der Waals surface area contributed by atoms with Gasteiger partial charge in [0.15, 0.2) is 5.65 Å². The number of methoxy groups -OCH3 is 1. The third-order valence-corrected chi connectivity index (χ3v) is 3.59. The second-order valence-electron chi connectivity index (χ2n) is 5.21. The van der Waals surface area contributed by atoms with E-state index in [1.165, 1.54) is 0 Å². The molecule has 4 nitrogen and oxygen atoms in total. The highest BCUT2D eigenvalue weighted by atomic mass is 35.5. The van der Waals surface area contributed by atoms with Crippen LogP contribution < -0.4 is 0 Å². The number of imidazole rings is 1. The maximum Gasteiger partial charge on any atom is 0.160 e. The molecule has 0 aliphatic rings. The molecule has 0 spiro atoms. The van der Waals surface area contributed by atoms with Gasteiger partial charge in [-0.3, -0.25) is 0 Å². The van der Waals surface area contributed by atoms with E-state index in [0.29, 0.717) is 6.61 Å². The van der Waals surface area contributed by atoms with Gasteiger partial charge in [-0.05, 0) is 31.9 Å². The van der Waals surface area contributed by atoms with Crippen molar-refractivity contribution in [1.82, 2.24) is 14.5 Å². The van der Waals surface area contributed by atoms with Crippen LogP contribution in [0.4, 0.5) is 0 Å². The summed E-state index contributed by atoms with van der Waals surface area (Å²) < 4.78 is 7.52. The third-order valence-electron chi connectivity index (χ3n) is 3.40. The van der Waals surface area contributed by atoms with Gasteiger partial charge < -0.3 is 9.30 Å². The zero-order valence-electron chi connectivity index (χ0n) is 12.6. The van der Waals surface area contributed by atoms with Gasteiger partial charge in [-0.2, -0.15) is 0 Å². The van der Waals surface area contributed by atoms with E-state index in [2.05, 4.69) is 27.5 Å². The zero-order valence-corrected chi connectivity index (χ0v) is 13.3. The fourth-order valence-electron chi connectivity index (χ4n) is 2.55. The van der Waals surface area contributed by atoms with Gasteiger partial charge in [0.05, 0.1) is 18.0 Å². The summed E-state index contributed by atoms with van der Waals surface area (Å²) in [7, 11) is 1.73. The van der Waals surface area contributed by atoms with Gasteiger partial charge in [0.25, 0.3) is 0 Å². The minimum absolute atomic E-state index is 0.152. The first-order valence-electron chi connectivity index (χ1n) is 7.06. The Bertz CT molecular complexity index is 574. The van der Waals surface area contributed by atoms with Gasteiger partial charge in [0, 0.05) is 13.3 Å². The van der Waals surface area contributed by atoms with Crippen LogP contribution in [0.1, 0.15) is 49.5 Å². The van der Waals surface area contributed by atoms with Crippen molar-refractivity contribution in [3.8, 4) is 0 Å². The van der Waals surface area contributed by atoms with E-state index in [-0.39, 0.29) is 11.4 Å². The zero-order chi connectivity index (χ0) is 14.7. The van der Waals surface area contributed by atoms with Crippen LogP contribution >= 0.6 is 11.6 Å². The summed E-state index contributed by atoms with van der Waals surface area (Å²) in [6, 6.07) is 2.28. The van der Waals surface area contributed by atoms with Crippen LogP contribution in [0.3, 0.4) is 0 Å². The number of hydrogen-bond donors (Lipinski definition) is 0. The summed E-state index contributed by atoms with van der Waals surface area (Å²) in [5.74, 6) is 0.871. The number of pyridine rings is 1. The normalized spacial score (nSPS) is 14.7. The molecule has 2 heterocycles. The molecular weight excluding hydrogens is 274 g/mol. The van der Waals surface area contributed by atoms with Crippen molar-refractivity contribution in [3.05, 3.63) is 23.7 Å². The van der Waals surface area contributed by atoms with E-state index >= 15 is 0 Å². The van der Waals surface area contributed by atoms with Crippen LogP contribution in [-0.4, -0.2) is 28.3 Å². The third kappa shape index (κ3) is 2.96. The molecule has 0 N–H and O–H groups in total. The van der Waals surface area contributed by atoms with Crippen molar-refractivity contribution in [1.29, 1.82) is 0 Å². The van der Waals surface area contributed by atoms with Gasteiger partial charge in [-0.25, -0.2) is 9.97 Å². The number of halogens is 1. The molecule has 2 aromatic heterocycles. The molecule has 0 amide bonds. The lowest BCUT2D eigenvalue weighted by Crippen LogP contribution is -2.18. The summed E-state index contributed by atoms with van der Waals surface area (Å²) in [4.78, 5) is 9.23. The SMILES string of the molecule is CCCC(COC)n1c(C(C)Cl)nc2cc(C)cnc21. The van der Waals surface area contributed by atoms with Gasteiger partial charge >= 0.3 is 0 Å². The highest BCUT2D eigenvalue weighted by Crippen LogP contribution is 2.29. The lowest BCUT2D eigenvalue weighted by Gasteiger charge is -2.21. The van der Waals surface area contributed by atoms with Crippen molar-refractivity contribution >= 4 is 22.8 Å². The molecule has 2 unspecified atom stereocenters. The molecule has 0 aliphatic heterocycles. The Hall–Kier alpha value is -1.13. The molecule has 0 saturated carbocycles. The predicted molar refractivity (Wildman–Crippen MR) is 82.4 cm³/mol. The smallest absolute Gasteiger partial charge is 0.160 e. The lowest BCUT2D eigenvalue weighted by molar-refractivity contribution is 0.150. The van der Waals surface area contributed by atoms with E-state index in [0.717, 1.165) is 35.4 Å². The van der Waals surface area contributed by atoms with Gasteiger partial charge in [-0.15, -0.1) is 11.6 Å². The molecule has 0 saturated heterocycles. The quantitative estimate of drug-likeness (QED) is 0.756. The molecule has 0 aliphatic carbocycles. The fraction of sp³-hybridized carbons (Fsp3) is 0.600. The Balaban J connectivity index is 2.60. The number of aryl methyl sites for hydroxylation is 1. The molecule has 2 aromatic rings. The average molecular weight is 296 g/mol. The largest absolute Gasteiger partial charge is 0.383 e. The number of alkyl halides is 1. The standard InChI is InChI=1S/C15H22ClN3O/c1-5-6-12(9-20-4)19-14(11(3)16)18-13-7-10(2)8-17-15(13)19/h7-8,11-12H,5-6,9H2,1-4H3. The maximum atomic E-state index is 6.31. The molecule has 0 bridgehead atoms. The topological polar surface area (TPSA) is 39.9 Å². The number of rotatable bonds is 6. The highest BCUT2D eigenvalue weighted by molar-refractivity contribution is 6.20. The number of aromatic nitrogens is 3. The minimum atomic E-state index is -0.152. The van der Waals surface area contributed by atoms with Crippen molar-refractivity contribution < 1.29 is 4.74 Å². The Morgan fingerprint density at radius 2 is 2.20 bits per heavy atom. The van der Waals surface area contributed by atoms with E-state index in [1.807, 2.05) is 20.0 Å². The molecule has 0 radical (unpaired) electrons. The van der Waals surface area contributed by atoms with E-state index in [4.69, 9.17) is 16.3 Å². The van der Waals surface area contributed by atoms with Crippen LogP contribution in [0, 0.1) is 6.92 Å². The molecule has 0 aromatic carbocycles. The van der Waals surface area contributed by atoms with E-state index < -0.39 is 0 Å². The van der Waals surface area contributed by atoms with E-state index in [1.54, 1.807) is 7.11 Å². The predicted octanol–water partition coefficient (Wildman–Crippen LogP) is 4.03. The Kier molecular flexibility index (Phi) is 5.00. The number of hydrogen-bond acceptors (Lipinski definition) is 3. The van der Waals surface area contributed by atoms with Gasteiger partial charge in [0.1, 0.15) is 11.3 Å². The Labute approximate surface area is 125 Å². The monoisotopic (exact) mass is 295 g/mol. The molecule has 5 heteroatoms. The second-order valence-corrected chi connectivity index (χ2v) is 5.86. The molecular formula is C15H22ClN3O. The van der Waals surface area contributed by atoms with Crippen molar-refractivity contribution in [3.63, 3.8) is 0 Å². The fourth-order valence-corrected chi connectivity index (χ4v) is 2.71. The summed E-state index contributed by atoms with van der Waals surface area (Å²) in [5, 5.41) is -0.152. The van der Waals surface area contributed by atoms with Crippen LogP contribution in [0.15, 0.2) is 12.3 Å². The van der Waals surface area contributed by atoms with Crippen LogP contribution in [-0.2, 0) is 4.74 Å². The lowest BCUT2D eigenvalue weighted by atomic mass is 10.1. The van der Waals surface area contributed by atoms with Crippen LogP contribution in [0.25, 0.3) is 11.2 Å². The highest BCUT2D eigenvalue weighted by Gasteiger charge is 2.22. The summed E-state index contributed by atoms with van der Waals surface area (Å²) in [6.45, 7) is 6.78. The summed E-state index contributed by atoms with van der Waals surface area (Å²) in [5.41, 5.74) is 2.91. The molecule has 110 valence electrons. The van der Waals surface area contributed by atoms with Crippen LogP contribution in [0.2, 0.25) is 0 Å². The average Bonchev–Trinajstić information content (AvgIpc) is 2.77. The van der Waals surface area contributed by atoms with E-state index in [9.17, 15) is 0 Å². The van der Waals surface area contributed by atoms with Crippen molar-refractivity contribution in [2.45, 2.75) is 45.0 Å². The van der Waals surface area contributed by atoms with Crippen molar-refractivity contribution in [2.75, 3.05) is 13.7 Å². The number of nitrogens with zero attached hydrogens (tertiary/aromatic N) is 3. The second kappa shape index (κ2) is 6.55. The molecule has 2 atom stereocenters. The van der Waals surface area contributed by atoms with Crippen LogP contribution in [0.5, 0.6) is 0 Å². The van der Waals surface area contributed by atoms with Gasteiger partial charge in [0.2, 0.25) is 0 Å². The summed E-state index contributed by atoms with van der Waals surface area (Å²) >= 11 is 6.31. The maximum absolute atomic E-state index is 6.31. The molecule has 0 fully saturated rings. The van der Waals surface area contributed by atoms with Gasteiger partial charge in [-0.1, -0.05) is 13.3 Å². The Morgan fingerprint density at radius 3 is 2.80 bits per heavy atom.